The summed E-state index contributed by atoms with van der Waals surface area (Å²) in [6.07, 6.45) is 0.313. The molecular formula is C21H19ClN2O3S2. The van der Waals surface area contributed by atoms with Gasteiger partial charge in [-0.3, -0.25) is 4.79 Å². The van der Waals surface area contributed by atoms with Gasteiger partial charge in [0.1, 0.15) is 10.7 Å². The maximum absolute atomic E-state index is 13.0. The highest BCUT2D eigenvalue weighted by Crippen LogP contribution is 2.34. The normalized spacial score (nSPS) is 18.9. The summed E-state index contributed by atoms with van der Waals surface area (Å²) in [5.74, 6) is -0.331. The van der Waals surface area contributed by atoms with Crippen molar-refractivity contribution in [1.82, 2.24) is 9.88 Å². The van der Waals surface area contributed by atoms with Gasteiger partial charge in [-0.15, -0.1) is 11.3 Å². The fraction of sp³-hybridized carbons (Fsp3) is 0.238. The van der Waals surface area contributed by atoms with E-state index in [0.29, 0.717) is 29.2 Å². The maximum Gasteiger partial charge on any atom is 0.273 e. The third-order valence-electron chi connectivity index (χ3n) is 5.02. The van der Waals surface area contributed by atoms with Gasteiger partial charge in [0.2, 0.25) is 0 Å². The predicted octanol–water partition coefficient (Wildman–Crippen LogP) is 4.47. The molecule has 0 spiro atoms. The highest BCUT2D eigenvalue weighted by Gasteiger charge is 2.34. The third kappa shape index (κ3) is 4.22. The Balaban J connectivity index is 1.55. The molecule has 0 N–H and O–H groups in total. The Morgan fingerprint density at radius 1 is 1.07 bits per heavy atom. The van der Waals surface area contributed by atoms with Gasteiger partial charge in [-0.05, 0) is 18.1 Å². The summed E-state index contributed by atoms with van der Waals surface area (Å²) in [6.45, 7) is 0.493. The molecule has 1 aliphatic rings. The Morgan fingerprint density at radius 2 is 1.79 bits per heavy atom. The van der Waals surface area contributed by atoms with E-state index in [9.17, 15) is 13.2 Å². The van der Waals surface area contributed by atoms with Crippen molar-refractivity contribution in [3.63, 3.8) is 0 Å². The lowest BCUT2D eigenvalue weighted by molar-refractivity contribution is 0.0761. The number of halogens is 1. The van der Waals surface area contributed by atoms with Crippen LogP contribution in [0.15, 0.2) is 60.0 Å². The van der Waals surface area contributed by atoms with Crippen molar-refractivity contribution in [2.45, 2.75) is 11.7 Å². The van der Waals surface area contributed by atoms with Gasteiger partial charge in [0, 0.05) is 29.1 Å². The van der Waals surface area contributed by atoms with Gasteiger partial charge in [0.05, 0.1) is 11.0 Å². The molecule has 29 heavy (non-hydrogen) atoms. The first-order valence-electron chi connectivity index (χ1n) is 9.22. The van der Waals surface area contributed by atoms with Crippen LogP contribution in [0.5, 0.6) is 0 Å². The van der Waals surface area contributed by atoms with Crippen LogP contribution in [0.3, 0.4) is 0 Å². The van der Waals surface area contributed by atoms with E-state index >= 15 is 0 Å². The molecule has 1 aliphatic heterocycles. The number of sulfone groups is 1. The summed E-state index contributed by atoms with van der Waals surface area (Å²) in [5.41, 5.74) is 1.90. The van der Waals surface area contributed by atoms with Gasteiger partial charge in [0.25, 0.3) is 5.91 Å². The topological polar surface area (TPSA) is 67.3 Å². The minimum Gasteiger partial charge on any atom is -0.336 e. The zero-order valence-corrected chi connectivity index (χ0v) is 17.9. The Labute approximate surface area is 178 Å². The average Bonchev–Trinajstić information content (AvgIpc) is 3.16. The molecule has 3 aromatic rings. The van der Waals surface area contributed by atoms with Crippen molar-refractivity contribution in [3.05, 3.63) is 76.3 Å². The second-order valence-corrected chi connectivity index (χ2v) is 10.4. The Kier molecular flexibility index (Phi) is 5.72. The second-order valence-electron chi connectivity index (χ2n) is 6.86. The van der Waals surface area contributed by atoms with Crippen molar-refractivity contribution in [3.8, 4) is 10.6 Å². The first kappa shape index (κ1) is 20.1. The highest BCUT2D eigenvalue weighted by atomic mass is 35.5. The fourth-order valence-corrected chi connectivity index (χ4v) is 6.43. The van der Waals surface area contributed by atoms with Gasteiger partial charge < -0.3 is 4.90 Å². The molecule has 5 nitrogen and oxygen atoms in total. The van der Waals surface area contributed by atoms with Crippen LogP contribution in [0.2, 0.25) is 5.02 Å². The molecule has 4 rings (SSSR count). The van der Waals surface area contributed by atoms with Crippen molar-refractivity contribution >= 4 is 38.7 Å². The molecule has 8 heteroatoms. The number of thiazole rings is 1. The monoisotopic (exact) mass is 446 g/mol. The third-order valence-corrected chi connectivity index (χ3v) is 8.37. The molecule has 1 atom stereocenters. The van der Waals surface area contributed by atoms with E-state index in [0.717, 1.165) is 10.6 Å². The lowest BCUT2D eigenvalue weighted by Gasteiger charge is -2.19. The molecule has 1 amide bonds. The SMILES string of the molecule is O=C(c1csc(-c2ccccc2)n1)N1CCC(c2ccccc2Cl)S(=O)(=O)CC1. The zero-order chi connectivity index (χ0) is 20.4. The summed E-state index contributed by atoms with van der Waals surface area (Å²) >= 11 is 7.65. The first-order chi connectivity index (χ1) is 14.0. The van der Waals surface area contributed by atoms with Gasteiger partial charge in [0.15, 0.2) is 9.84 Å². The van der Waals surface area contributed by atoms with Crippen molar-refractivity contribution < 1.29 is 13.2 Å². The quantitative estimate of drug-likeness (QED) is 0.595. The van der Waals surface area contributed by atoms with Crippen LogP contribution in [-0.4, -0.2) is 43.1 Å². The van der Waals surface area contributed by atoms with E-state index < -0.39 is 15.1 Å². The Bertz CT molecular complexity index is 1130. The van der Waals surface area contributed by atoms with Crippen LogP contribution in [0.4, 0.5) is 0 Å². The largest absolute Gasteiger partial charge is 0.336 e. The standard InChI is InChI=1S/C21H19ClN2O3S2/c22-17-9-5-4-8-16(17)19-10-11-24(12-13-29(19,26)27)21(25)18-14-28-20(23-18)15-6-2-1-3-7-15/h1-9,14,19H,10-13H2. The van der Waals surface area contributed by atoms with Crippen LogP contribution in [0.1, 0.15) is 27.7 Å². The molecule has 1 saturated heterocycles. The number of rotatable bonds is 3. The maximum atomic E-state index is 13.0. The Hall–Kier alpha value is -2.22. The molecule has 2 heterocycles. The number of carbonyl (C=O) groups is 1. The fourth-order valence-electron chi connectivity index (χ4n) is 3.48. The van der Waals surface area contributed by atoms with E-state index in [1.807, 2.05) is 30.3 Å². The van der Waals surface area contributed by atoms with Crippen LogP contribution >= 0.6 is 22.9 Å². The number of carbonyl (C=O) groups excluding carboxylic acids is 1. The predicted molar refractivity (Wildman–Crippen MR) is 116 cm³/mol. The first-order valence-corrected chi connectivity index (χ1v) is 12.2. The minimum absolute atomic E-state index is 0.0929. The average molecular weight is 447 g/mol. The van der Waals surface area contributed by atoms with Crippen LogP contribution in [0, 0.1) is 0 Å². The highest BCUT2D eigenvalue weighted by molar-refractivity contribution is 7.91. The number of nitrogens with zero attached hydrogens (tertiary/aromatic N) is 2. The molecule has 0 bridgehead atoms. The Morgan fingerprint density at radius 3 is 2.55 bits per heavy atom. The van der Waals surface area contributed by atoms with Crippen molar-refractivity contribution in [2.24, 2.45) is 0 Å². The van der Waals surface area contributed by atoms with Crippen molar-refractivity contribution in [1.29, 1.82) is 0 Å². The molecular weight excluding hydrogens is 428 g/mol. The summed E-state index contributed by atoms with van der Waals surface area (Å²) in [4.78, 5) is 19.0. The smallest absolute Gasteiger partial charge is 0.273 e. The van der Waals surface area contributed by atoms with Crippen LogP contribution in [-0.2, 0) is 9.84 Å². The number of benzene rings is 2. The molecule has 2 aromatic carbocycles. The molecule has 1 unspecified atom stereocenters. The number of hydrogen-bond donors (Lipinski definition) is 0. The van der Waals surface area contributed by atoms with E-state index in [2.05, 4.69) is 4.98 Å². The summed E-state index contributed by atoms with van der Waals surface area (Å²) < 4.78 is 25.7. The van der Waals surface area contributed by atoms with Crippen LogP contribution < -0.4 is 0 Å². The molecule has 0 saturated carbocycles. The lowest BCUT2D eigenvalue weighted by atomic mass is 10.1. The van der Waals surface area contributed by atoms with E-state index in [1.54, 1.807) is 34.5 Å². The molecule has 0 aliphatic carbocycles. The summed E-state index contributed by atoms with van der Waals surface area (Å²) in [7, 11) is -3.42. The van der Waals surface area contributed by atoms with Crippen LogP contribution in [0.25, 0.3) is 10.6 Å². The van der Waals surface area contributed by atoms with E-state index in [-0.39, 0.29) is 18.2 Å². The lowest BCUT2D eigenvalue weighted by Crippen LogP contribution is -2.33. The molecule has 150 valence electrons. The van der Waals surface area contributed by atoms with Gasteiger partial charge in [-0.2, -0.15) is 0 Å². The van der Waals surface area contributed by atoms with Gasteiger partial charge in [-0.25, -0.2) is 13.4 Å². The zero-order valence-electron chi connectivity index (χ0n) is 15.5. The summed E-state index contributed by atoms with van der Waals surface area (Å²) in [6, 6.07) is 16.7. The van der Waals surface area contributed by atoms with E-state index in [1.165, 1.54) is 11.3 Å². The van der Waals surface area contributed by atoms with Crippen molar-refractivity contribution in [2.75, 3.05) is 18.8 Å². The van der Waals surface area contributed by atoms with E-state index in [4.69, 9.17) is 11.6 Å². The second kappa shape index (κ2) is 8.26. The van der Waals surface area contributed by atoms with Gasteiger partial charge in [-0.1, -0.05) is 60.1 Å². The number of amides is 1. The number of aromatic nitrogens is 1. The molecule has 0 radical (unpaired) electrons. The van der Waals surface area contributed by atoms with Gasteiger partial charge >= 0.3 is 0 Å². The summed E-state index contributed by atoms with van der Waals surface area (Å²) in [5, 5.41) is 2.23. The minimum atomic E-state index is -3.42. The molecule has 1 fully saturated rings. The number of hydrogen-bond acceptors (Lipinski definition) is 5. The molecule has 1 aromatic heterocycles.